The first-order valence-electron chi connectivity index (χ1n) is 10.6. The molecule has 154 valence electrons. The molecule has 0 radical (unpaired) electrons. The molecule has 1 heterocycles. The van der Waals surface area contributed by atoms with Crippen molar-refractivity contribution in [2.45, 2.75) is 59.6 Å². The van der Waals surface area contributed by atoms with E-state index in [-0.39, 0.29) is 23.7 Å². The number of allylic oxidation sites excluding steroid dienone is 1. The Kier molecular flexibility index (Phi) is 6.49. The van der Waals surface area contributed by atoms with Crippen LogP contribution in [0, 0.1) is 23.2 Å². The predicted octanol–water partition coefficient (Wildman–Crippen LogP) is 4.99. The van der Waals surface area contributed by atoms with E-state index >= 15 is 0 Å². The van der Waals surface area contributed by atoms with Gasteiger partial charge in [0.2, 0.25) is 0 Å². The lowest BCUT2D eigenvalue weighted by atomic mass is 9.56. The zero-order chi connectivity index (χ0) is 20.3. The van der Waals surface area contributed by atoms with Gasteiger partial charge in [0.25, 0.3) is 0 Å². The van der Waals surface area contributed by atoms with Crippen LogP contribution in [0.4, 0.5) is 4.79 Å². The molecule has 0 saturated carbocycles. The monoisotopic (exact) mass is 385 g/mol. The molecule has 0 aromatic heterocycles. The Morgan fingerprint density at radius 1 is 1.29 bits per heavy atom. The molecule has 1 aliphatic heterocycles. The van der Waals surface area contributed by atoms with Gasteiger partial charge in [-0.2, -0.15) is 0 Å². The van der Waals surface area contributed by atoms with Crippen molar-refractivity contribution in [2.75, 3.05) is 13.2 Å². The molecule has 3 rings (SSSR count). The van der Waals surface area contributed by atoms with Gasteiger partial charge in [0, 0.05) is 17.4 Å². The Labute approximate surface area is 169 Å². The number of ether oxygens (including phenoxy) is 2. The van der Waals surface area contributed by atoms with Crippen molar-refractivity contribution in [1.82, 2.24) is 5.32 Å². The predicted molar refractivity (Wildman–Crippen MR) is 112 cm³/mol. The second-order valence-corrected chi connectivity index (χ2v) is 9.00. The number of alkyl carbamates (subject to hydrolysis) is 1. The van der Waals surface area contributed by atoms with Gasteiger partial charge in [0.15, 0.2) is 0 Å². The number of nitrogens with one attached hydrogen (secondary N) is 1. The first-order chi connectivity index (χ1) is 13.3. The molecule has 3 unspecified atom stereocenters. The molecule has 1 N–H and O–H groups in total. The van der Waals surface area contributed by atoms with Crippen LogP contribution >= 0.6 is 0 Å². The van der Waals surface area contributed by atoms with E-state index in [1.807, 2.05) is 13.8 Å². The number of hydrogen-bond donors (Lipinski definition) is 1. The summed E-state index contributed by atoms with van der Waals surface area (Å²) in [5.74, 6) is 1.11. The number of carbonyl (C=O) groups excluding carboxylic acids is 1. The lowest BCUT2D eigenvalue weighted by Gasteiger charge is -2.55. The molecule has 1 fully saturated rings. The smallest absolute Gasteiger partial charge is 0.407 e. The molecular formula is C24H35NO3. The van der Waals surface area contributed by atoms with Crippen LogP contribution in [0.5, 0.6) is 0 Å². The van der Waals surface area contributed by atoms with Crippen LogP contribution in [0.15, 0.2) is 42.0 Å². The molecule has 1 saturated heterocycles. The van der Waals surface area contributed by atoms with Gasteiger partial charge in [-0.3, -0.25) is 0 Å². The maximum atomic E-state index is 12.1. The number of hydrogen-bond acceptors (Lipinski definition) is 3. The van der Waals surface area contributed by atoms with Crippen molar-refractivity contribution in [3.63, 3.8) is 0 Å². The van der Waals surface area contributed by atoms with Gasteiger partial charge in [0.1, 0.15) is 6.61 Å². The molecule has 2 bridgehead atoms. The van der Waals surface area contributed by atoms with Crippen molar-refractivity contribution in [1.29, 1.82) is 0 Å². The van der Waals surface area contributed by atoms with E-state index in [1.165, 1.54) is 11.1 Å². The molecule has 1 aliphatic carbocycles. The molecular weight excluding hydrogens is 350 g/mol. The van der Waals surface area contributed by atoms with E-state index < -0.39 is 0 Å². The van der Waals surface area contributed by atoms with Crippen molar-refractivity contribution in [2.24, 2.45) is 23.2 Å². The summed E-state index contributed by atoms with van der Waals surface area (Å²) >= 11 is 0. The topological polar surface area (TPSA) is 47.6 Å². The van der Waals surface area contributed by atoms with Gasteiger partial charge < -0.3 is 14.8 Å². The van der Waals surface area contributed by atoms with Crippen LogP contribution in [0.2, 0.25) is 0 Å². The Bertz CT molecular complexity index is 699. The molecule has 0 spiro atoms. The molecule has 1 aromatic carbocycles. The summed E-state index contributed by atoms with van der Waals surface area (Å²) in [4.78, 5) is 12.1. The van der Waals surface area contributed by atoms with E-state index in [1.54, 1.807) is 0 Å². The quantitative estimate of drug-likeness (QED) is 0.702. The third kappa shape index (κ3) is 4.27. The van der Waals surface area contributed by atoms with E-state index in [2.05, 4.69) is 62.5 Å². The maximum Gasteiger partial charge on any atom is 0.407 e. The lowest BCUT2D eigenvalue weighted by molar-refractivity contribution is -0.164. The number of amides is 1. The van der Waals surface area contributed by atoms with E-state index in [4.69, 9.17) is 9.47 Å². The zero-order valence-corrected chi connectivity index (χ0v) is 17.9. The molecule has 1 amide bonds. The van der Waals surface area contributed by atoms with Crippen molar-refractivity contribution in [3.05, 3.63) is 47.5 Å². The number of carbonyl (C=O) groups is 1. The molecule has 4 nitrogen and oxygen atoms in total. The minimum Gasteiger partial charge on any atom is -0.449 e. The van der Waals surface area contributed by atoms with Crippen molar-refractivity contribution >= 4 is 6.09 Å². The average molecular weight is 386 g/mol. The first kappa shape index (κ1) is 20.9. The minimum absolute atomic E-state index is 0.0751. The second-order valence-electron chi connectivity index (χ2n) is 9.00. The SMILES string of the molecule is CC1=CC(C)[C@]2(COC(=O)NC(C)C)COC(CCc3ccccc3)C1[C@@H]2C. The van der Waals surface area contributed by atoms with Gasteiger partial charge in [-0.25, -0.2) is 4.79 Å². The van der Waals surface area contributed by atoms with E-state index in [9.17, 15) is 4.79 Å². The summed E-state index contributed by atoms with van der Waals surface area (Å²) in [5, 5.41) is 2.82. The largest absolute Gasteiger partial charge is 0.449 e. The minimum atomic E-state index is -0.335. The third-order valence-electron chi connectivity index (χ3n) is 6.80. The van der Waals surface area contributed by atoms with Gasteiger partial charge in [-0.05, 0) is 51.0 Å². The molecule has 2 aliphatic rings. The standard InChI is InChI=1S/C24H35NO3/c1-16(2)25-23(26)28-15-24-14-27-21(12-11-20-9-7-6-8-10-20)22(19(24)5)17(3)13-18(24)4/h6-10,13,16,18-19,21-22H,11-12,14-15H2,1-5H3,(H,25,26)/t18?,19-,21?,22?,24+/m0/s1. The Balaban J connectivity index is 1.71. The van der Waals surface area contributed by atoms with Crippen molar-refractivity contribution < 1.29 is 14.3 Å². The highest BCUT2D eigenvalue weighted by Gasteiger charge is 2.54. The second kappa shape index (κ2) is 8.69. The van der Waals surface area contributed by atoms with Gasteiger partial charge in [-0.15, -0.1) is 0 Å². The summed E-state index contributed by atoms with van der Waals surface area (Å²) in [6.07, 6.45) is 4.31. The lowest BCUT2D eigenvalue weighted by Crippen LogP contribution is -2.57. The Hall–Kier alpha value is -1.81. The van der Waals surface area contributed by atoms with Gasteiger partial charge in [-0.1, -0.05) is 55.8 Å². The summed E-state index contributed by atoms with van der Waals surface area (Å²) in [6.45, 7) is 11.7. The molecule has 4 heteroatoms. The molecule has 28 heavy (non-hydrogen) atoms. The van der Waals surface area contributed by atoms with Crippen LogP contribution in [-0.4, -0.2) is 31.5 Å². The van der Waals surface area contributed by atoms with Crippen LogP contribution < -0.4 is 5.32 Å². The number of rotatable bonds is 6. The number of aryl methyl sites for hydroxylation is 1. The van der Waals surface area contributed by atoms with Crippen LogP contribution in [-0.2, 0) is 15.9 Å². The fourth-order valence-electron chi connectivity index (χ4n) is 5.08. The Morgan fingerprint density at radius 3 is 2.68 bits per heavy atom. The van der Waals surface area contributed by atoms with Crippen molar-refractivity contribution in [3.8, 4) is 0 Å². The highest BCUT2D eigenvalue weighted by atomic mass is 16.6. The number of fused-ring (bicyclic) bond motifs is 2. The highest BCUT2D eigenvalue weighted by molar-refractivity contribution is 5.67. The normalized spacial score (nSPS) is 32.0. The van der Waals surface area contributed by atoms with Gasteiger partial charge >= 0.3 is 6.09 Å². The van der Waals surface area contributed by atoms with Gasteiger partial charge in [0.05, 0.1) is 12.7 Å². The number of benzene rings is 1. The van der Waals surface area contributed by atoms with Crippen LogP contribution in [0.1, 0.15) is 46.6 Å². The molecule has 1 aromatic rings. The summed E-state index contributed by atoms with van der Waals surface area (Å²) in [7, 11) is 0. The van der Waals surface area contributed by atoms with Crippen LogP contribution in [0.25, 0.3) is 0 Å². The maximum absolute atomic E-state index is 12.1. The van der Waals surface area contributed by atoms with E-state index in [0.717, 1.165) is 12.8 Å². The average Bonchev–Trinajstić information content (AvgIpc) is 2.64. The zero-order valence-electron chi connectivity index (χ0n) is 17.9. The summed E-state index contributed by atoms with van der Waals surface area (Å²) in [6, 6.07) is 10.7. The van der Waals surface area contributed by atoms with Crippen LogP contribution in [0.3, 0.4) is 0 Å². The Morgan fingerprint density at radius 2 is 2.00 bits per heavy atom. The highest BCUT2D eigenvalue weighted by Crippen LogP contribution is 2.53. The fourth-order valence-corrected chi connectivity index (χ4v) is 5.08. The first-order valence-corrected chi connectivity index (χ1v) is 10.6. The summed E-state index contributed by atoms with van der Waals surface area (Å²) in [5.41, 5.74) is 2.62. The summed E-state index contributed by atoms with van der Waals surface area (Å²) < 4.78 is 12.1. The fraction of sp³-hybridized carbons (Fsp3) is 0.625. The van der Waals surface area contributed by atoms with E-state index in [0.29, 0.717) is 31.0 Å². The third-order valence-corrected chi connectivity index (χ3v) is 6.80. The molecule has 5 atom stereocenters.